The largest absolute Gasteiger partial charge is 0.489 e. The lowest BCUT2D eigenvalue weighted by atomic mass is 10.1. The van der Waals surface area contributed by atoms with Crippen LogP contribution >= 0.6 is 0 Å². The molecule has 1 aromatic rings. The minimum Gasteiger partial charge on any atom is -0.489 e. The van der Waals surface area contributed by atoms with E-state index in [2.05, 4.69) is 39.3 Å². The Labute approximate surface area is 174 Å². The molecule has 0 radical (unpaired) electrons. The van der Waals surface area contributed by atoms with E-state index in [9.17, 15) is 4.79 Å². The number of nitrogens with one attached hydrogen (secondary N) is 3. The first-order valence-corrected chi connectivity index (χ1v) is 10.4. The monoisotopic (exact) mass is 401 g/mol. The first-order chi connectivity index (χ1) is 14.2. The quantitative estimate of drug-likeness (QED) is 0.317. The van der Waals surface area contributed by atoms with E-state index in [0.29, 0.717) is 25.7 Å². The number of likely N-dealkylation sites (tertiary alicyclic amines) is 1. The number of carbonyl (C=O) groups is 1. The molecule has 1 aromatic carbocycles. The average molecular weight is 402 g/mol. The van der Waals surface area contributed by atoms with E-state index < -0.39 is 0 Å². The molecule has 0 aromatic heterocycles. The molecule has 2 rings (SSSR count). The van der Waals surface area contributed by atoms with Gasteiger partial charge in [-0.25, -0.2) is 0 Å². The van der Waals surface area contributed by atoms with Crippen molar-refractivity contribution in [3.63, 3.8) is 0 Å². The Bertz CT molecular complexity index is 669. The van der Waals surface area contributed by atoms with E-state index in [1.165, 1.54) is 0 Å². The van der Waals surface area contributed by atoms with Gasteiger partial charge in [0.05, 0.1) is 6.54 Å². The normalized spacial score (nSPS) is 15.6. The van der Waals surface area contributed by atoms with Crippen LogP contribution < -0.4 is 20.7 Å². The van der Waals surface area contributed by atoms with E-state index >= 15 is 0 Å². The van der Waals surface area contributed by atoms with Crippen LogP contribution in [0.1, 0.15) is 31.7 Å². The summed E-state index contributed by atoms with van der Waals surface area (Å²) in [5, 5.41) is 9.81. The van der Waals surface area contributed by atoms with Gasteiger partial charge in [0.1, 0.15) is 12.4 Å². The van der Waals surface area contributed by atoms with E-state index in [4.69, 9.17) is 4.74 Å². The Morgan fingerprint density at radius 3 is 2.76 bits per heavy atom. The van der Waals surface area contributed by atoms with Gasteiger partial charge in [0.2, 0.25) is 5.91 Å². The fraction of sp³-hybridized carbons (Fsp3) is 0.545. The van der Waals surface area contributed by atoms with Gasteiger partial charge in [-0.3, -0.25) is 14.7 Å². The molecular weight excluding hydrogens is 366 g/mol. The summed E-state index contributed by atoms with van der Waals surface area (Å²) in [6, 6.07) is 8.32. The molecule has 1 saturated heterocycles. The Hall–Kier alpha value is -2.54. The maximum Gasteiger partial charge on any atom is 0.234 e. The zero-order valence-corrected chi connectivity index (χ0v) is 17.7. The average Bonchev–Trinajstić information content (AvgIpc) is 2.75. The van der Waals surface area contributed by atoms with Crippen LogP contribution in [0.5, 0.6) is 5.75 Å². The summed E-state index contributed by atoms with van der Waals surface area (Å²) in [6.45, 7) is 9.93. The summed E-state index contributed by atoms with van der Waals surface area (Å²) >= 11 is 0. The molecule has 0 saturated carbocycles. The van der Waals surface area contributed by atoms with Crippen LogP contribution in [0.4, 0.5) is 0 Å². The van der Waals surface area contributed by atoms with Crippen molar-refractivity contribution in [2.24, 2.45) is 4.99 Å². The summed E-state index contributed by atoms with van der Waals surface area (Å²) in [6.07, 6.45) is 4.68. The molecule has 160 valence electrons. The Morgan fingerprint density at radius 2 is 2.07 bits per heavy atom. The first-order valence-electron chi connectivity index (χ1n) is 10.4. The third-order valence-electron chi connectivity index (χ3n) is 4.87. The number of hydrogen-bond acceptors (Lipinski definition) is 4. The minimum absolute atomic E-state index is 0.119. The molecule has 1 aliphatic rings. The molecule has 3 N–H and O–H groups in total. The van der Waals surface area contributed by atoms with Crippen molar-refractivity contribution >= 4 is 11.9 Å². The molecule has 29 heavy (non-hydrogen) atoms. The van der Waals surface area contributed by atoms with Crippen LogP contribution in [0.15, 0.2) is 41.9 Å². The summed E-state index contributed by atoms with van der Waals surface area (Å²) < 4.78 is 5.71. The maximum atomic E-state index is 11.9. The number of hydrogen-bond donors (Lipinski definition) is 3. The number of rotatable bonds is 10. The Balaban J connectivity index is 1.76. The Kier molecular flexibility index (Phi) is 10.1. The molecule has 1 fully saturated rings. The van der Waals surface area contributed by atoms with Gasteiger partial charge in [0.25, 0.3) is 0 Å². The minimum atomic E-state index is 0.119. The van der Waals surface area contributed by atoms with Gasteiger partial charge in [-0.15, -0.1) is 0 Å². The predicted octanol–water partition coefficient (Wildman–Crippen LogP) is 1.91. The third-order valence-corrected chi connectivity index (χ3v) is 4.87. The highest BCUT2D eigenvalue weighted by Gasteiger charge is 2.21. The van der Waals surface area contributed by atoms with Crippen molar-refractivity contribution in [1.82, 2.24) is 20.9 Å². The van der Waals surface area contributed by atoms with Gasteiger partial charge in [-0.1, -0.05) is 37.8 Å². The van der Waals surface area contributed by atoms with Gasteiger partial charge in [-0.2, -0.15) is 0 Å². The van der Waals surface area contributed by atoms with Gasteiger partial charge in [0.15, 0.2) is 5.96 Å². The van der Waals surface area contributed by atoms with Gasteiger partial charge >= 0.3 is 0 Å². The van der Waals surface area contributed by atoms with E-state index in [0.717, 1.165) is 56.2 Å². The van der Waals surface area contributed by atoms with Crippen molar-refractivity contribution in [3.05, 3.63) is 42.5 Å². The van der Waals surface area contributed by atoms with Crippen LogP contribution in [0.2, 0.25) is 0 Å². The van der Waals surface area contributed by atoms with E-state index in [1.807, 2.05) is 24.3 Å². The van der Waals surface area contributed by atoms with Crippen LogP contribution in [-0.4, -0.2) is 62.6 Å². The topological polar surface area (TPSA) is 78.0 Å². The Morgan fingerprint density at radius 1 is 1.31 bits per heavy atom. The molecule has 0 spiro atoms. The number of ether oxygens (including phenoxy) is 1. The first kappa shape index (κ1) is 22.7. The lowest BCUT2D eigenvalue weighted by Crippen LogP contribution is -2.50. The summed E-state index contributed by atoms with van der Waals surface area (Å²) in [4.78, 5) is 18.4. The lowest BCUT2D eigenvalue weighted by molar-refractivity contribution is -0.122. The summed E-state index contributed by atoms with van der Waals surface area (Å²) in [7, 11) is 1.78. The van der Waals surface area contributed by atoms with Crippen molar-refractivity contribution in [1.29, 1.82) is 0 Å². The second-order valence-electron chi connectivity index (χ2n) is 7.18. The summed E-state index contributed by atoms with van der Waals surface area (Å²) in [5.41, 5.74) is 1.07. The number of piperidine rings is 1. The van der Waals surface area contributed by atoms with Crippen molar-refractivity contribution in [3.8, 4) is 5.75 Å². The number of carbonyl (C=O) groups excluding carboxylic acids is 1. The van der Waals surface area contributed by atoms with Gasteiger partial charge < -0.3 is 20.7 Å². The van der Waals surface area contributed by atoms with Crippen LogP contribution in [-0.2, 0) is 11.3 Å². The van der Waals surface area contributed by atoms with Crippen LogP contribution in [0.25, 0.3) is 0 Å². The fourth-order valence-electron chi connectivity index (χ4n) is 3.27. The van der Waals surface area contributed by atoms with Crippen molar-refractivity contribution < 1.29 is 9.53 Å². The standard InChI is InChI=1S/C22H35N5O2/c1-4-12-24-21(28)17-27-13-10-19(11-14-27)26-22(23-3)25-16-18-8-6-7-9-20(18)29-15-5-2/h5-9,19H,2,4,10-17H2,1,3H3,(H,24,28)(H2,23,25,26). The molecule has 1 aliphatic heterocycles. The zero-order chi connectivity index (χ0) is 20.9. The number of aliphatic imine (C=N–C) groups is 1. The van der Waals surface area contributed by atoms with Gasteiger partial charge in [0, 0.05) is 44.8 Å². The molecular formula is C22H35N5O2. The molecule has 0 bridgehead atoms. The number of nitrogens with zero attached hydrogens (tertiary/aromatic N) is 2. The molecule has 0 atom stereocenters. The number of amides is 1. The second-order valence-corrected chi connectivity index (χ2v) is 7.18. The van der Waals surface area contributed by atoms with E-state index in [-0.39, 0.29) is 5.91 Å². The molecule has 1 heterocycles. The van der Waals surface area contributed by atoms with Crippen molar-refractivity contribution in [2.75, 3.05) is 39.8 Å². The highest BCUT2D eigenvalue weighted by atomic mass is 16.5. The van der Waals surface area contributed by atoms with Crippen LogP contribution in [0.3, 0.4) is 0 Å². The summed E-state index contributed by atoms with van der Waals surface area (Å²) in [5.74, 6) is 1.75. The molecule has 0 aliphatic carbocycles. The van der Waals surface area contributed by atoms with E-state index in [1.54, 1.807) is 13.1 Å². The number of para-hydroxylation sites is 1. The SMILES string of the molecule is C=CCOc1ccccc1CNC(=NC)NC1CCN(CC(=O)NCCC)CC1. The molecule has 7 nitrogen and oxygen atoms in total. The predicted molar refractivity (Wildman–Crippen MR) is 118 cm³/mol. The molecule has 0 unspecified atom stereocenters. The second kappa shape index (κ2) is 12.8. The van der Waals surface area contributed by atoms with Gasteiger partial charge in [-0.05, 0) is 25.3 Å². The zero-order valence-electron chi connectivity index (χ0n) is 17.7. The highest BCUT2D eigenvalue weighted by Crippen LogP contribution is 2.17. The molecule has 7 heteroatoms. The lowest BCUT2D eigenvalue weighted by Gasteiger charge is -2.32. The highest BCUT2D eigenvalue weighted by molar-refractivity contribution is 5.80. The fourth-order valence-corrected chi connectivity index (χ4v) is 3.27. The number of benzene rings is 1. The third kappa shape index (κ3) is 8.15. The molecule has 1 amide bonds. The van der Waals surface area contributed by atoms with Crippen molar-refractivity contribution in [2.45, 2.75) is 38.8 Å². The van der Waals surface area contributed by atoms with Crippen LogP contribution in [0, 0.1) is 0 Å². The smallest absolute Gasteiger partial charge is 0.234 e. The maximum absolute atomic E-state index is 11.9. The number of guanidine groups is 1.